The molecule has 4 N–H and O–H groups in total. The zero-order chi connectivity index (χ0) is 24.4. The third-order valence-corrected chi connectivity index (χ3v) is 4.68. The van der Waals surface area contributed by atoms with Crippen molar-refractivity contribution in [3.8, 4) is 11.5 Å². The molecule has 0 atom stereocenters. The Kier molecular flexibility index (Phi) is 9.08. The lowest BCUT2D eigenvalue weighted by molar-refractivity contribution is -0.123. The van der Waals surface area contributed by atoms with E-state index in [9.17, 15) is 14.4 Å². The zero-order valence-corrected chi connectivity index (χ0v) is 19.7. The minimum atomic E-state index is -0.503. The first-order valence-electron chi connectivity index (χ1n) is 10.6. The van der Waals surface area contributed by atoms with Gasteiger partial charge in [-0.3, -0.25) is 9.59 Å². The van der Waals surface area contributed by atoms with Crippen molar-refractivity contribution >= 4 is 23.5 Å². The van der Waals surface area contributed by atoms with E-state index >= 15 is 0 Å². The minimum Gasteiger partial charge on any atom is -0.493 e. The largest absolute Gasteiger partial charge is 0.493 e. The van der Waals surface area contributed by atoms with E-state index in [-0.39, 0.29) is 30.9 Å². The van der Waals surface area contributed by atoms with E-state index in [1.165, 1.54) is 0 Å². The van der Waals surface area contributed by atoms with Crippen molar-refractivity contribution in [1.82, 2.24) is 16.0 Å². The lowest BCUT2D eigenvalue weighted by atomic mass is 9.95. The summed E-state index contributed by atoms with van der Waals surface area (Å²) in [5.74, 6) is 0.835. The second kappa shape index (κ2) is 11.8. The number of urea groups is 1. The number of hydrogen-bond acceptors (Lipinski definition) is 5. The Balaban J connectivity index is 1.71. The summed E-state index contributed by atoms with van der Waals surface area (Å²) in [5.41, 5.74) is 1.44. The topological polar surface area (TPSA) is 118 Å². The molecular weight excluding hydrogens is 424 g/mol. The third-order valence-electron chi connectivity index (χ3n) is 4.68. The standard InChI is InChI=1S/C24H32N4O5/c1-24(2,3)22(30)28-18-9-7-17(8-10-18)21(29)25-12-13-26-23(31)27-15-16-6-11-19(32-4)20(14-16)33-5/h6-11,14H,12-13,15H2,1-5H3,(H,25,29)(H,28,30)(H2,26,27,31). The number of anilines is 1. The maximum Gasteiger partial charge on any atom is 0.315 e. The Morgan fingerprint density at radius 1 is 0.818 bits per heavy atom. The Bertz CT molecular complexity index is 968. The average Bonchev–Trinajstić information content (AvgIpc) is 2.79. The predicted molar refractivity (Wildman–Crippen MR) is 127 cm³/mol. The molecule has 0 saturated heterocycles. The smallest absolute Gasteiger partial charge is 0.315 e. The fraction of sp³-hybridized carbons (Fsp3) is 0.375. The van der Waals surface area contributed by atoms with E-state index in [2.05, 4.69) is 21.3 Å². The molecule has 0 unspecified atom stereocenters. The van der Waals surface area contributed by atoms with Crippen LogP contribution in [-0.4, -0.2) is 45.2 Å². The number of methoxy groups -OCH3 is 2. The highest BCUT2D eigenvalue weighted by molar-refractivity contribution is 5.97. The van der Waals surface area contributed by atoms with Crippen LogP contribution in [0.2, 0.25) is 0 Å². The molecule has 0 aliphatic rings. The highest BCUT2D eigenvalue weighted by Crippen LogP contribution is 2.27. The summed E-state index contributed by atoms with van der Waals surface area (Å²) >= 11 is 0. The van der Waals surface area contributed by atoms with Crippen molar-refractivity contribution in [1.29, 1.82) is 0 Å². The van der Waals surface area contributed by atoms with Gasteiger partial charge in [0, 0.05) is 36.3 Å². The Morgan fingerprint density at radius 2 is 1.45 bits per heavy atom. The van der Waals surface area contributed by atoms with Crippen molar-refractivity contribution < 1.29 is 23.9 Å². The molecule has 2 rings (SSSR count). The first-order valence-corrected chi connectivity index (χ1v) is 10.6. The number of carbonyl (C=O) groups is 3. The molecule has 0 aliphatic heterocycles. The van der Waals surface area contributed by atoms with Gasteiger partial charge in [-0.15, -0.1) is 0 Å². The quantitative estimate of drug-likeness (QED) is 0.433. The van der Waals surface area contributed by atoms with Crippen LogP contribution in [0.15, 0.2) is 42.5 Å². The average molecular weight is 457 g/mol. The number of benzene rings is 2. The molecule has 33 heavy (non-hydrogen) atoms. The molecule has 0 aliphatic carbocycles. The molecule has 0 fully saturated rings. The van der Waals surface area contributed by atoms with Gasteiger partial charge >= 0.3 is 6.03 Å². The predicted octanol–water partition coefficient (Wildman–Crippen LogP) is 2.92. The third kappa shape index (κ3) is 8.03. The second-order valence-corrected chi connectivity index (χ2v) is 8.34. The van der Waals surface area contributed by atoms with Crippen LogP contribution in [0, 0.1) is 5.41 Å². The number of hydrogen-bond donors (Lipinski definition) is 4. The summed E-state index contributed by atoms with van der Waals surface area (Å²) < 4.78 is 10.4. The van der Waals surface area contributed by atoms with Gasteiger partial charge < -0.3 is 30.7 Å². The maximum atomic E-state index is 12.3. The molecule has 0 heterocycles. The molecule has 9 nitrogen and oxygen atoms in total. The van der Waals surface area contributed by atoms with Crippen LogP contribution in [0.4, 0.5) is 10.5 Å². The summed E-state index contributed by atoms with van der Waals surface area (Å²) in [6.07, 6.45) is 0. The molecule has 0 radical (unpaired) electrons. The summed E-state index contributed by atoms with van der Waals surface area (Å²) in [5, 5.41) is 11.0. The van der Waals surface area contributed by atoms with Gasteiger partial charge in [-0.25, -0.2) is 4.79 Å². The van der Waals surface area contributed by atoms with E-state index in [1.807, 2.05) is 26.8 Å². The SMILES string of the molecule is COc1ccc(CNC(=O)NCCNC(=O)c2ccc(NC(=O)C(C)(C)C)cc2)cc1OC. The van der Waals surface area contributed by atoms with Gasteiger partial charge in [-0.05, 0) is 42.0 Å². The molecule has 0 saturated carbocycles. The Hall–Kier alpha value is -3.75. The number of ether oxygens (including phenoxy) is 2. The van der Waals surface area contributed by atoms with Crippen LogP contribution in [0.3, 0.4) is 0 Å². The molecule has 4 amide bonds. The van der Waals surface area contributed by atoms with E-state index in [4.69, 9.17) is 9.47 Å². The van der Waals surface area contributed by atoms with Crippen LogP contribution >= 0.6 is 0 Å². The van der Waals surface area contributed by atoms with Crippen molar-refractivity contribution in [2.45, 2.75) is 27.3 Å². The molecule has 178 valence electrons. The Labute approximate surface area is 194 Å². The van der Waals surface area contributed by atoms with Crippen molar-refractivity contribution in [3.63, 3.8) is 0 Å². The lowest BCUT2D eigenvalue weighted by Gasteiger charge is -2.17. The lowest BCUT2D eigenvalue weighted by Crippen LogP contribution is -2.40. The van der Waals surface area contributed by atoms with Crippen LogP contribution in [-0.2, 0) is 11.3 Å². The van der Waals surface area contributed by atoms with Gasteiger partial charge in [-0.2, -0.15) is 0 Å². The van der Waals surface area contributed by atoms with Gasteiger partial charge in [0.05, 0.1) is 14.2 Å². The van der Waals surface area contributed by atoms with E-state index in [0.717, 1.165) is 5.56 Å². The van der Waals surface area contributed by atoms with Crippen molar-refractivity contribution in [3.05, 3.63) is 53.6 Å². The zero-order valence-electron chi connectivity index (χ0n) is 19.7. The van der Waals surface area contributed by atoms with Gasteiger partial charge in [0.2, 0.25) is 5.91 Å². The monoisotopic (exact) mass is 456 g/mol. The fourth-order valence-electron chi connectivity index (χ4n) is 2.71. The highest BCUT2D eigenvalue weighted by atomic mass is 16.5. The van der Waals surface area contributed by atoms with Crippen LogP contribution in [0.5, 0.6) is 11.5 Å². The first kappa shape index (κ1) is 25.5. The molecule has 0 bridgehead atoms. The van der Waals surface area contributed by atoms with E-state index in [1.54, 1.807) is 50.6 Å². The number of amides is 4. The van der Waals surface area contributed by atoms with Crippen LogP contribution in [0.1, 0.15) is 36.7 Å². The normalized spacial score (nSPS) is 10.7. The summed E-state index contributed by atoms with van der Waals surface area (Å²) in [7, 11) is 3.11. The molecule has 0 aromatic heterocycles. The molecule has 9 heteroatoms. The van der Waals surface area contributed by atoms with Crippen molar-refractivity contribution in [2.75, 3.05) is 32.6 Å². The number of nitrogens with one attached hydrogen (secondary N) is 4. The minimum absolute atomic E-state index is 0.102. The molecule has 2 aromatic rings. The number of rotatable bonds is 9. The molecular formula is C24H32N4O5. The fourth-order valence-corrected chi connectivity index (χ4v) is 2.71. The highest BCUT2D eigenvalue weighted by Gasteiger charge is 2.21. The Morgan fingerprint density at radius 3 is 2.06 bits per heavy atom. The van der Waals surface area contributed by atoms with E-state index in [0.29, 0.717) is 29.3 Å². The number of carbonyl (C=O) groups excluding carboxylic acids is 3. The van der Waals surface area contributed by atoms with Crippen LogP contribution < -0.4 is 30.7 Å². The maximum absolute atomic E-state index is 12.3. The van der Waals surface area contributed by atoms with Crippen molar-refractivity contribution in [2.24, 2.45) is 5.41 Å². The molecule has 0 spiro atoms. The second-order valence-electron chi connectivity index (χ2n) is 8.34. The van der Waals surface area contributed by atoms with Gasteiger partial charge in [0.15, 0.2) is 11.5 Å². The van der Waals surface area contributed by atoms with Crippen LogP contribution in [0.25, 0.3) is 0 Å². The molecule has 2 aromatic carbocycles. The first-order chi connectivity index (χ1) is 15.6. The van der Waals surface area contributed by atoms with Gasteiger partial charge in [-0.1, -0.05) is 26.8 Å². The summed E-state index contributed by atoms with van der Waals surface area (Å²) in [4.78, 5) is 36.3. The van der Waals surface area contributed by atoms with E-state index < -0.39 is 5.41 Å². The summed E-state index contributed by atoms with van der Waals surface area (Å²) in [6.45, 7) is 6.34. The van der Waals surface area contributed by atoms with Gasteiger partial charge in [0.1, 0.15) is 0 Å². The van der Waals surface area contributed by atoms with Gasteiger partial charge in [0.25, 0.3) is 5.91 Å². The summed E-state index contributed by atoms with van der Waals surface area (Å²) in [6, 6.07) is 11.7.